The lowest BCUT2D eigenvalue weighted by Crippen LogP contribution is -2.42. The fourth-order valence-corrected chi connectivity index (χ4v) is 6.26. The highest BCUT2D eigenvalue weighted by molar-refractivity contribution is 7.89. The van der Waals surface area contributed by atoms with Crippen molar-refractivity contribution in [2.75, 3.05) is 13.7 Å². The number of nitrogens with zero attached hydrogens (tertiary/aromatic N) is 1. The topological polar surface area (TPSA) is 114 Å². The number of methoxy groups -OCH3 is 1. The highest BCUT2D eigenvalue weighted by Crippen LogP contribution is 2.40. The molecule has 1 aliphatic rings. The van der Waals surface area contributed by atoms with Crippen LogP contribution in [0.4, 0.5) is 0 Å². The Balaban J connectivity index is 1.23. The molecule has 5 rings (SSSR count). The number of nitrogens with two attached hydrogens (primary N) is 1. The van der Waals surface area contributed by atoms with Crippen molar-refractivity contribution in [2.24, 2.45) is 5.14 Å². The van der Waals surface area contributed by atoms with Crippen LogP contribution < -0.4 is 5.14 Å². The Labute approximate surface area is 247 Å². The van der Waals surface area contributed by atoms with Crippen molar-refractivity contribution in [3.63, 3.8) is 0 Å². The van der Waals surface area contributed by atoms with E-state index in [1.54, 1.807) is 19.2 Å². The highest BCUT2D eigenvalue weighted by atomic mass is 32.2. The smallest absolute Gasteiger partial charge is 0.238 e. The molecule has 2 atom stereocenters. The second-order valence-corrected chi connectivity index (χ2v) is 12.5. The summed E-state index contributed by atoms with van der Waals surface area (Å²) >= 11 is 0. The van der Waals surface area contributed by atoms with Crippen LogP contribution in [0.15, 0.2) is 88.2 Å². The highest BCUT2D eigenvalue weighted by Gasteiger charge is 2.40. The number of sulfonamides is 1. The van der Waals surface area contributed by atoms with Gasteiger partial charge in [0.05, 0.1) is 29.3 Å². The molecule has 0 aliphatic carbocycles. The van der Waals surface area contributed by atoms with E-state index in [4.69, 9.17) is 28.8 Å². The molecule has 9 heteroatoms. The molecular formula is C33H38N2O6S. The monoisotopic (exact) mass is 590 g/mol. The van der Waals surface area contributed by atoms with E-state index in [-0.39, 0.29) is 22.7 Å². The van der Waals surface area contributed by atoms with Crippen molar-refractivity contribution >= 4 is 10.0 Å². The van der Waals surface area contributed by atoms with Crippen LogP contribution >= 0.6 is 0 Å². The minimum absolute atomic E-state index is 0.0456. The summed E-state index contributed by atoms with van der Waals surface area (Å²) in [5.41, 5.74) is 4.24. The molecule has 1 saturated heterocycles. The molecule has 0 bridgehead atoms. The third-order valence-corrected chi connectivity index (χ3v) is 8.58. The summed E-state index contributed by atoms with van der Waals surface area (Å²) in [7, 11) is -2.00. The van der Waals surface area contributed by atoms with Gasteiger partial charge in [0.15, 0.2) is 11.7 Å². The number of aromatic nitrogens is 1. The van der Waals surface area contributed by atoms with E-state index in [0.29, 0.717) is 37.0 Å². The van der Waals surface area contributed by atoms with Gasteiger partial charge in [-0.25, -0.2) is 18.5 Å². The van der Waals surface area contributed by atoms with Crippen LogP contribution in [0, 0.1) is 0 Å². The Hall–Kier alpha value is -3.34. The molecule has 3 aromatic carbocycles. The van der Waals surface area contributed by atoms with Gasteiger partial charge in [0.25, 0.3) is 0 Å². The standard InChI is InChI=1S/C33H38N2O6S/c1-23-20-33(38-3,21-24(2)40-23)28-12-7-9-25(19-28)22-39-18-8-13-30-35-31(26-10-5-4-6-11-26)32(41-30)27-14-16-29(17-15-27)42(34,36)37/h4-7,9-12,14-17,19,23-24H,8,13,18,20-22H2,1-3H3,(H2,34,36,37). The molecule has 222 valence electrons. The largest absolute Gasteiger partial charge is 0.440 e. The molecule has 1 fully saturated rings. The van der Waals surface area contributed by atoms with E-state index in [9.17, 15) is 8.42 Å². The lowest BCUT2D eigenvalue weighted by molar-refractivity contribution is -0.152. The number of benzene rings is 3. The second kappa shape index (κ2) is 12.9. The van der Waals surface area contributed by atoms with Gasteiger partial charge in [0.1, 0.15) is 5.69 Å². The zero-order valence-electron chi connectivity index (χ0n) is 24.3. The van der Waals surface area contributed by atoms with E-state index in [0.717, 1.165) is 41.5 Å². The summed E-state index contributed by atoms with van der Waals surface area (Å²) in [5, 5.41) is 5.27. The van der Waals surface area contributed by atoms with Gasteiger partial charge in [-0.2, -0.15) is 0 Å². The number of aryl methyl sites for hydroxylation is 1. The first-order valence-corrected chi connectivity index (χ1v) is 15.8. The first kappa shape index (κ1) is 30.1. The van der Waals surface area contributed by atoms with Gasteiger partial charge in [0.2, 0.25) is 10.0 Å². The van der Waals surface area contributed by atoms with Crippen molar-refractivity contribution in [3.8, 4) is 22.6 Å². The zero-order valence-corrected chi connectivity index (χ0v) is 25.1. The molecule has 1 aromatic heterocycles. The van der Waals surface area contributed by atoms with E-state index < -0.39 is 10.0 Å². The fourth-order valence-electron chi connectivity index (χ4n) is 5.74. The molecule has 0 spiro atoms. The van der Waals surface area contributed by atoms with E-state index in [1.165, 1.54) is 12.1 Å². The first-order valence-electron chi connectivity index (χ1n) is 14.2. The number of oxazole rings is 1. The normalized spacial score (nSPS) is 21.0. The van der Waals surface area contributed by atoms with Crippen molar-refractivity contribution in [1.82, 2.24) is 4.98 Å². The maximum absolute atomic E-state index is 11.7. The van der Waals surface area contributed by atoms with Gasteiger partial charge in [-0.1, -0.05) is 54.6 Å². The van der Waals surface area contributed by atoms with Crippen LogP contribution in [0.25, 0.3) is 22.6 Å². The van der Waals surface area contributed by atoms with Crippen molar-refractivity contribution in [2.45, 2.75) is 68.8 Å². The number of hydrogen-bond acceptors (Lipinski definition) is 7. The van der Waals surface area contributed by atoms with Crippen LogP contribution in [0.5, 0.6) is 0 Å². The molecular weight excluding hydrogens is 552 g/mol. The Morgan fingerprint density at radius 1 is 0.952 bits per heavy atom. The van der Waals surface area contributed by atoms with E-state index >= 15 is 0 Å². The third-order valence-electron chi connectivity index (χ3n) is 7.65. The van der Waals surface area contributed by atoms with Gasteiger partial charge in [-0.15, -0.1) is 0 Å². The van der Waals surface area contributed by atoms with Gasteiger partial charge in [0, 0.05) is 44.1 Å². The number of hydrogen-bond donors (Lipinski definition) is 1. The average Bonchev–Trinajstić information content (AvgIpc) is 3.41. The lowest BCUT2D eigenvalue weighted by atomic mass is 9.81. The summed E-state index contributed by atoms with van der Waals surface area (Å²) in [6.45, 7) is 5.24. The van der Waals surface area contributed by atoms with Crippen LogP contribution in [0.3, 0.4) is 0 Å². The Morgan fingerprint density at radius 2 is 1.67 bits per heavy atom. The fraction of sp³-hybridized carbons (Fsp3) is 0.364. The summed E-state index contributed by atoms with van der Waals surface area (Å²) in [5.74, 6) is 1.17. The summed E-state index contributed by atoms with van der Waals surface area (Å²) in [4.78, 5) is 4.83. The third kappa shape index (κ3) is 6.99. The number of primary sulfonamides is 1. The molecule has 0 radical (unpaired) electrons. The summed E-state index contributed by atoms with van der Waals surface area (Å²) in [6.07, 6.45) is 3.22. The molecule has 2 unspecified atom stereocenters. The van der Waals surface area contributed by atoms with Crippen molar-refractivity contribution in [3.05, 3.63) is 95.9 Å². The molecule has 1 aliphatic heterocycles. The van der Waals surface area contributed by atoms with Gasteiger partial charge >= 0.3 is 0 Å². The maximum Gasteiger partial charge on any atom is 0.238 e. The van der Waals surface area contributed by atoms with Gasteiger partial charge in [-0.3, -0.25) is 0 Å². The number of rotatable bonds is 11. The van der Waals surface area contributed by atoms with Crippen LogP contribution in [-0.2, 0) is 42.9 Å². The second-order valence-electron chi connectivity index (χ2n) is 10.9. The first-order chi connectivity index (χ1) is 20.2. The van der Waals surface area contributed by atoms with Crippen LogP contribution in [0.1, 0.15) is 50.1 Å². The predicted molar refractivity (Wildman–Crippen MR) is 161 cm³/mol. The Bertz CT molecular complexity index is 1570. The molecule has 8 nitrogen and oxygen atoms in total. The minimum Gasteiger partial charge on any atom is -0.440 e. The molecule has 0 amide bonds. The average molecular weight is 591 g/mol. The molecule has 0 saturated carbocycles. The quantitative estimate of drug-likeness (QED) is 0.206. The number of ether oxygens (including phenoxy) is 3. The van der Waals surface area contributed by atoms with E-state index in [1.807, 2.05) is 30.3 Å². The van der Waals surface area contributed by atoms with Crippen LogP contribution in [0.2, 0.25) is 0 Å². The predicted octanol–water partition coefficient (Wildman–Crippen LogP) is 6.23. The van der Waals surface area contributed by atoms with Gasteiger partial charge < -0.3 is 18.6 Å². The van der Waals surface area contributed by atoms with Crippen molar-refractivity contribution < 1.29 is 27.0 Å². The lowest BCUT2D eigenvalue weighted by Gasteiger charge is -2.42. The maximum atomic E-state index is 11.7. The van der Waals surface area contributed by atoms with Crippen LogP contribution in [-0.4, -0.2) is 39.3 Å². The zero-order chi connectivity index (χ0) is 29.7. The molecule has 2 N–H and O–H groups in total. The Morgan fingerprint density at radius 3 is 2.33 bits per heavy atom. The Kier molecular flexibility index (Phi) is 9.25. The minimum atomic E-state index is -3.79. The summed E-state index contributed by atoms with van der Waals surface area (Å²) < 4.78 is 47.7. The molecule has 2 heterocycles. The molecule has 4 aromatic rings. The SMILES string of the molecule is COC1(c2cccc(COCCCc3nc(-c4ccccc4)c(-c4ccc(S(N)(=O)=O)cc4)o3)c2)CC(C)OC(C)C1. The summed E-state index contributed by atoms with van der Waals surface area (Å²) in [6, 6.07) is 24.5. The van der Waals surface area contributed by atoms with Crippen molar-refractivity contribution in [1.29, 1.82) is 0 Å². The van der Waals surface area contributed by atoms with Gasteiger partial charge in [-0.05, 0) is 55.7 Å². The van der Waals surface area contributed by atoms with E-state index in [2.05, 4.69) is 38.1 Å². The molecule has 42 heavy (non-hydrogen) atoms.